The van der Waals surface area contributed by atoms with E-state index < -0.39 is 41.2 Å². The molecule has 2 fully saturated rings. The first-order valence-electron chi connectivity index (χ1n) is 11.4. The maximum Gasteiger partial charge on any atom is 0.328 e. The Morgan fingerprint density at radius 1 is 1.24 bits per heavy atom. The van der Waals surface area contributed by atoms with Gasteiger partial charge in [0.05, 0.1) is 35.2 Å². The summed E-state index contributed by atoms with van der Waals surface area (Å²) >= 11 is 6.85. The Kier molecular flexibility index (Phi) is 5.02. The molecule has 3 aliphatic rings. The third kappa shape index (κ3) is 3.17. The summed E-state index contributed by atoms with van der Waals surface area (Å²) in [6.45, 7) is 3.89. The predicted molar refractivity (Wildman–Crippen MR) is 126 cm³/mol. The van der Waals surface area contributed by atoms with Gasteiger partial charge in [-0.2, -0.15) is 5.26 Å². The van der Waals surface area contributed by atoms with Gasteiger partial charge in [-0.15, -0.1) is 0 Å². The van der Waals surface area contributed by atoms with Gasteiger partial charge in [0, 0.05) is 18.5 Å². The highest BCUT2D eigenvalue weighted by atomic mass is 35.5. The van der Waals surface area contributed by atoms with Gasteiger partial charge in [-0.25, -0.2) is 14.2 Å². The van der Waals surface area contributed by atoms with Crippen LogP contribution in [-0.4, -0.2) is 52.8 Å². The maximum absolute atomic E-state index is 14.3. The van der Waals surface area contributed by atoms with Gasteiger partial charge in [0.15, 0.2) is 5.41 Å². The predicted octanol–water partition coefficient (Wildman–Crippen LogP) is 2.44. The third-order valence-electron chi connectivity index (χ3n) is 7.14. The minimum atomic E-state index is -1.73. The van der Waals surface area contributed by atoms with Gasteiger partial charge in [-0.05, 0) is 26.0 Å². The second-order valence-corrected chi connectivity index (χ2v) is 9.75. The van der Waals surface area contributed by atoms with Crippen LogP contribution in [0.3, 0.4) is 0 Å². The van der Waals surface area contributed by atoms with Crippen LogP contribution < -0.4 is 15.5 Å². The van der Waals surface area contributed by atoms with Crippen molar-refractivity contribution >= 4 is 46.2 Å². The van der Waals surface area contributed by atoms with Gasteiger partial charge >= 0.3 is 6.03 Å². The number of anilines is 1. The molecule has 13 heteroatoms. The normalized spacial score (nSPS) is 24.4. The zero-order chi connectivity index (χ0) is 26.2. The number of urea groups is 1. The molecule has 5 heterocycles. The molecule has 1 aromatic carbocycles. The maximum atomic E-state index is 14.3. The minimum Gasteiger partial charge on any atom is -0.372 e. The quantitative estimate of drug-likeness (QED) is 0.457. The van der Waals surface area contributed by atoms with Crippen molar-refractivity contribution in [2.45, 2.75) is 38.5 Å². The van der Waals surface area contributed by atoms with Crippen LogP contribution >= 0.6 is 11.6 Å². The number of nitriles is 1. The number of fused-ring (bicyclic) bond motifs is 5. The molecule has 3 aliphatic heterocycles. The number of imide groups is 2. The average molecular weight is 525 g/mol. The van der Waals surface area contributed by atoms with E-state index in [1.165, 1.54) is 12.1 Å². The molecule has 2 N–H and O–H groups in total. The van der Waals surface area contributed by atoms with Crippen molar-refractivity contribution in [1.29, 1.82) is 5.26 Å². The molecule has 3 aromatic rings. The number of morpholine rings is 1. The van der Waals surface area contributed by atoms with Crippen LogP contribution in [0.1, 0.15) is 25.1 Å². The van der Waals surface area contributed by atoms with E-state index in [2.05, 4.69) is 15.8 Å². The molecule has 0 saturated carbocycles. The molecule has 3 atom stereocenters. The Morgan fingerprint density at radius 2 is 1.97 bits per heavy atom. The number of benzene rings is 1. The first kappa shape index (κ1) is 23.3. The van der Waals surface area contributed by atoms with Crippen LogP contribution in [-0.2, 0) is 20.7 Å². The number of nitrogens with zero attached hydrogens (tertiary/aromatic N) is 4. The van der Waals surface area contributed by atoms with E-state index in [9.17, 15) is 18.8 Å². The second kappa shape index (κ2) is 7.96. The van der Waals surface area contributed by atoms with Gasteiger partial charge in [0.1, 0.15) is 28.1 Å². The number of hydrogen-bond acceptors (Lipinski definition) is 9. The van der Waals surface area contributed by atoms with Gasteiger partial charge in [0.25, 0.3) is 0 Å². The largest absolute Gasteiger partial charge is 0.372 e. The molecule has 2 aromatic heterocycles. The Bertz CT molecular complexity index is 1560. The summed E-state index contributed by atoms with van der Waals surface area (Å²) < 4.78 is 25.9. The second-order valence-electron chi connectivity index (χ2n) is 9.37. The Labute approximate surface area is 213 Å². The van der Waals surface area contributed by atoms with Crippen molar-refractivity contribution in [3.63, 3.8) is 0 Å². The summed E-state index contributed by atoms with van der Waals surface area (Å²) in [5.74, 6) is -2.26. The number of ether oxygens (including phenoxy) is 1. The number of hydrogen-bond donors (Lipinski definition) is 2. The fourth-order valence-electron chi connectivity index (χ4n) is 5.70. The van der Waals surface area contributed by atoms with E-state index in [4.69, 9.17) is 31.1 Å². The zero-order valence-corrected chi connectivity index (χ0v) is 20.2. The van der Waals surface area contributed by atoms with Crippen molar-refractivity contribution in [2.75, 3.05) is 11.4 Å². The lowest BCUT2D eigenvalue weighted by molar-refractivity contribution is -0.153. The smallest absolute Gasteiger partial charge is 0.328 e. The first-order valence-corrected chi connectivity index (χ1v) is 11.8. The van der Waals surface area contributed by atoms with E-state index in [-0.39, 0.29) is 46.4 Å². The molecule has 0 bridgehead atoms. The fraction of sp³-hybridized carbons (Fsp3) is 0.333. The van der Waals surface area contributed by atoms with Gasteiger partial charge in [-0.3, -0.25) is 20.2 Å². The Hall–Kier alpha value is -4.08. The molecule has 0 aliphatic carbocycles. The zero-order valence-electron chi connectivity index (χ0n) is 19.5. The summed E-state index contributed by atoms with van der Waals surface area (Å²) in [7, 11) is 0. The van der Waals surface area contributed by atoms with E-state index in [0.717, 1.165) is 6.07 Å². The lowest BCUT2D eigenvalue weighted by Gasteiger charge is -2.55. The van der Waals surface area contributed by atoms with Crippen molar-refractivity contribution < 1.29 is 28.0 Å². The summed E-state index contributed by atoms with van der Waals surface area (Å²) in [5.41, 5.74) is -0.260. The standard InChI is InChI=1S/C24H18ClFN6O5/c1-9-8-32-18-14(6-24(20(32)10(2)36-9)21(33)29-23(35)30-22(24)34)28-17-16(31-37-19(17)15(18)25)11-3-4-12(7-27)13(26)5-11/h3-5,9-10,20H,6,8H2,1-2H3,(H2,29,30,33,34,35)/t9-,10+,20-/m0/s1. The minimum absolute atomic E-state index is 0.132. The number of pyridine rings is 1. The van der Waals surface area contributed by atoms with Crippen molar-refractivity contribution in [3.05, 3.63) is 40.3 Å². The monoisotopic (exact) mass is 524 g/mol. The van der Waals surface area contributed by atoms with Crippen molar-refractivity contribution in [3.8, 4) is 17.3 Å². The van der Waals surface area contributed by atoms with E-state index in [0.29, 0.717) is 16.9 Å². The molecule has 37 heavy (non-hydrogen) atoms. The molecular formula is C24H18ClFN6O5. The Balaban J connectivity index is 1.58. The molecule has 188 valence electrons. The molecule has 11 nitrogen and oxygen atoms in total. The average Bonchev–Trinajstić information content (AvgIpc) is 3.26. The summed E-state index contributed by atoms with van der Waals surface area (Å²) in [5, 5.41) is 17.7. The van der Waals surface area contributed by atoms with Crippen LogP contribution in [0.15, 0.2) is 22.7 Å². The number of rotatable bonds is 1. The topological polar surface area (TPSA) is 150 Å². The van der Waals surface area contributed by atoms with E-state index in [1.54, 1.807) is 13.0 Å². The molecule has 2 saturated heterocycles. The molecule has 0 radical (unpaired) electrons. The molecule has 4 amide bonds. The number of amides is 4. The summed E-state index contributed by atoms with van der Waals surface area (Å²) in [6, 6.07) is 4.02. The number of carbonyl (C=O) groups excluding carboxylic acids is 3. The van der Waals surface area contributed by atoms with Crippen LogP contribution in [0.25, 0.3) is 22.4 Å². The van der Waals surface area contributed by atoms with Gasteiger partial charge < -0.3 is 14.2 Å². The highest BCUT2D eigenvalue weighted by molar-refractivity contribution is 6.38. The van der Waals surface area contributed by atoms with E-state index >= 15 is 0 Å². The van der Waals surface area contributed by atoms with Crippen LogP contribution in [0.5, 0.6) is 0 Å². The highest BCUT2D eigenvalue weighted by Gasteiger charge is 2.63. The van der Waals surface area contributed by atoms with Crippen molar-refractivity contribution in [1.82, 2.24) is 20.8 Å². The van der Waals surface area contributed by atoms with Crippen LogP contribution in [0.2, 0.25) is 5.02 Å². The van der Waals surface area contributed by atoms with Crippen LogP contribution in [0.4, 0.5) is 14.9 Å². The SMILES string of the molecule is C[C@H]1CN2c3c(nc4c(-c5ccc(C#N)c(F)c5)noc4c3Cl)CC3(C(=O)NC(=O)NC3=O)[C@@H]2[C@@H](C)O1. The number of carbonyl (C=O) groups is 3. The summed E-state index contributed by atoms with van der Waals surface area (Å²) in [4.78, 5) is 45.1. The fourth-order valence-corrected chi connectivity index (χ4v) is 6.04. The van der Waals surface area contributed by atoms with Crippen molar-refractivity contribution in [2.24, 2.45) is 5.41 Å². The Morgan fingerprint density at radius 3 is 2.65 bits per heavy atom. The third-order valence-corrected chi connectivity index (χ3v) is 7.49. The highest BCUT2D eigenvalue weighted by Crippen LogP contribution is 2.50. The van der Waals surface area contributed by atoms with E-state index in [1.807, 2.05) is 11.8 Å². The van der Waals surface area contributed by atoms with Gasteiger partial charge in [-0.1, -0.05) is 22.8 Å². The number of halogens is 2. The lowest BCUT2D eigenvalue weighted by atomic mass is 9.67. The van der Waals surface area contributed by atoms with Gasteiger partial charge in [0.2, 0.25) is 17.4 Å². The van der Waals surface area contributed by atoms with Crippen LogP contribution in [0, 0.1) is 22.6 Å². The molecule has 6 rings (SSSR count). The first-order chi connectivity index (χ1) is 17.6. The molecular weight excluding hydrogens is 507 g/mol. The molecule has 0 unspecified atom stereocenters. The summed E-state index contributed by atoms with van der Waals surface area (Å²) in [6.07, 6.45) is -1.04. The lowest BCUT2D eigenvalue weighted by Crippen LogP contribution is -2.75. The number of aromatic nitrogens is 2. The number of nitrogens with one attached hydrogen (secondary N) is 2. The molecule has 1 spiro atoms. The number of barbiturate groups is 1.